The first-order valence-corrected chi connectivity index (χ1v) is 6.72. The molecule has 2 aromatic heterocycles. The fourth-order valence-electron chi connectivity index (χ4n) is 1.94. The summed E-state index contributed by atoms with van der Waals surface area (Å²) in [5, 5.41) is 7.26. The van der Waals surface area contributed by atoms with Crippen LogP contribution in [0.4, 0.5) is 9.52 Å². The number of thiazole rings is 1. The van der Waals surface area contributed by atoms with Crippen molar-refractivity contribution >= 4 is 32.6 Å². The van der Waals surface area contributed by atoms with E-state index in [4.69, 9.17) is 0 Å². The van der Waals surface area contributed by atoms with Gasteiger partial charge in [-0.25, -0.2) is 9.37 Å². The summed E-state index contributed by atoms with van der Waals surface area (Å²) in [5.41, 5.74) is 1.88. The standard InChI is InChI=1S/C13H11FN4OS/c1-7-5-10(18(2)17-7)12(19)16-13-15-9-4-3-8(14)6-11(9)20-13/h3-6H,1-2H3,(H,15,16,19). The van der Waals surface area contributed by atoms with E-state index in [0.29, 0.717) is 21.0 Å². The van der Waals surface area contributed by atoms with Crippen LogP contribution in [0, 0.1) is 12.7 Å². The quantitative estimate of drug-likeness (QED) is 0.789. The SMILES string of the molecule is Cc1cc(C(=O)Nc2nc3ccc(F)cc3s2)n(C)n1. The molecule has 1 amide bonds. The molecule has 20 heavy (non-hydrogen) atoms. The van der Waals surface area contributed by atoms with Crippen LogP contribution in [0.15, 0.2) is 24.3 Å². The molecule has 0 fully saturated rings. The van der Waals surface area contributed by atoms with Crippen LogP contribution in [0.2, 0.25) is 0 Å². The zero-order chi connectivity index (χ0) is 14.3. The summed E-state index contributed by atoms with van der Waals surface area (Å²) in [4.78, 5) is 16.4. The molecule has 0 radical (unpaired) electrons. The van der Waals surface area contributed by atoms with Crippen molar-refractivity contribution in [3.05, 3.63) is 41.5 Å². The molecule has 102 valence electrons. The average molecular weight is 290 g/mol. The Kier molecular flexibility index (Phi) is 2.98. The van der Waals surface area contributed by atoms with Crippen LogP contribution in [0.3, 0.4) is 0 Å². The monoisotopic (exact) mass is 290 g/mol. The first kappa shape index (κ1) is 12.7. The van der Waals surface area contributed by atoms with Gasteiger partial charge in [-0.3, -0.25) is 14.8 Å². The molecule has 7 heteroatoms. The molecule has 0 atom stereocenters. The lowest BCUT2D eigenvalue weighted by atomic mass is 10.3. The van der Waals surface area contributed by atoms with E-state index in [-0.39, 0.29) is 11.7 Å². The van der Waals surface area contributed by atoms with Crippen molar-refractivity contribution in [2.24, 2.45) is 7.05 Å². The number of benzene rings is 1. The minimum absolute atomic E-state index is 0.285. The van der Waals surface area contributed by atoms with Gasteiger partial charge in [0.05, 0.1) is 15.9 Å². The van der Waals surface area contributed by atoms with E-state index in [1.54, 1.807) is 19.2 Å². The highest BCUT2D eigenvalue weighted by atomic mass is 32.1. The van der Waals surface area contributed by atoms with Crippen molar-refractivity contribution in [1.29, 1.82) is 0 Å². The molecular weight excluding hydrogens is 279 g/mol. The number of carbonyl (C=O) groups excluding carboxylic acids is 1. The van der Waals surface area contributed by atoms with E-state index in [1.165, 1.54) is 28.2 Å². The van der Waals surface area contributed by atoms with Gasteiger partial charge in [-0.15, -0.1) is 0 Å². The Morgan fingerprint density at radius 2 is 2.20 bits per heavy atom. The Bertz CT molecular complexity index is 808. The fraction of sp³-hybridized carbons (Fsp3) is 0.154. The van der Waals surface area contributed by atoms with E-state index in [2.05, 4.69) is 15.4 Å². The molecule has 0 unspecified atom stereocenters. The Morgan fingerprint density at radius 3 is 2.90 bits per heavy atom. The number of aryl methyl sites for hydroxylation is 2. The molecule has 1 aromatic carbocycles. The maximum Gasteiger partial charge on any atom is 0.275 e. The van der Waals surface area contributed by atoms with Crippen molar-refractivity contribution in [3.63, 3.8) is 0 Å². The van der Waals surface area contributed by atoms with E-state index in [1.807, 2.05) is 6.92 Å². The van der Waals surface area contributed by atoms with Gasteiger partial charge in [0.15, 0.2) is 5.13 Å². The topological polar surface area (TPSA) is 59.8 Å². The molecule has 3 aromatic rings. The second-order valence-corrected chi connectivity index (χ2v) is 5.41. The van der Waals surface area contributed by atoms with Crippen molar-refractivity contribution in [1.82, 2.24) is 14.8 Å². The maximum absolute atomic E-state index is 13.1. The van der Waals surface area contributed by atoms with Gasteiger partial charge < -0.3 is 0 Å². The Labute approximate surface area is 118 Å². The lowest BCUT2D eigenvalue weighted by Gasteiger charge is -2.00. The van der Waals surface area contributed by atoms with Gasteiger partial charge in [0.25, 0.3) is 5.91 Å². The summed E-state index contributed by atoms with van der Waals surface area (Å²) >= 11 is 1.23. The number of rotatable bonds is 2. The molecule has 0 aliphatic carbocycles. The maximum atomic E-state index is 13.1. The number of fused-ring (bicyclic) bond motifs is 1. The van der Waals surface area contributed by atoms with Gasteiger partial charge in [-0.05, 0) is 31.2 Å². The highest BCUT2D eigenvalue weighted by Gasteiger charge is 2.14. The van der Waals surface area contributed by atoms with Gasteiger partial charge in [-0.2, -0.15) is 5.10 Å². The second-order valence-electron chi connectivity index (χ2n) is 4.38. The molecule has 0 bridgehead atoms. The van der Waals surface area contributed by atoms with E-state index >= 15 is 0 Å². The summed E-state index contributed by atoms with van der Waals surface area (Å²) in [6.45, 7) is 1.82. The van der Waals surface area contributed by atoms with Gasteiger partial charge in [0, 0.05) is 7.05 Å². The molecule has 0 saturated heterocycles. The summed E-state index contributed by atoms with van der Waals surface area (Å²) in [5.74, 6) is -0.603. The Morgan fingerprint density at radius 1 is 1.40 bits per heavy atom. The van der Waals surface area contributed by atoms with Crippen LogP contribution in [-0.2, 0) is 7.05 Å². The predicted molar refractivity (Wildman–Crippen MR) is 75.5 cm³/mol. The van der Waals surface area contributed by atoms with E-state index in [9.17, 15) is 9.18 Å². The number of hydrogen-bond acceptors (Lipinski definition) is 4. The lowest BCUT2D eigenvalue weighted by molar-refractivity contribution is 0.101. The number of carbonyl (C=O) groups is 1. The smallest absolute Gasteiger partial charge is 0.275 e. The molecule has 0 saturated carbocycles. The van der Waals surface area contributed by atoms with Gasteiger partial charge in [0.1, 0.15) is 11.5 Å². The fourth-order valence-corrected chi connectivity index (χ4v) is 2.82. The van der Waals surface area contributed by atoms with Gasteiger partial charge in [-0.1, -0.05) is 11.3 Å². The van der Waals surface area contributed by atoms with Gasteiger partial charge >= 0.3 is 0 Å². The number of hydrogen-bond donors (Lipinski definition) is 1. The Hall–Kier alpha value is -2.28. The molecule has 5 nitrogen and oxygen atoms in total. The molecule has 2 heterocycles. The highest BCUT2D eigenvalue weighted by Crippen LogP contribution is 2.26. The average Bonchev–Trinajstić information content (AvgIpc) is 2.91. The number of anilines is 1. The van der Waals surface area contributed by atoms with Crippen LogP contribution in [0.25, 0.3) is 10.2 Å². The van der Waals surface area contributed by atoms with E-state index < -0.39 is 0 Å². The third-order valence-corrected chi connectivity index (χ3v) is 3.74. The molecule has 0 aliphatic rings. The van der Waals surface area contributed by atoms with Crippen LogP contribution >= 0.6 is 11.3 Å². The highest BCUT2D eigenvalue weighted by molar-refractivity contribution is 7.22. The third-order valence-electron chi connectivity index (χ3n) is 2.81. The first-order chi connectivity index (χ1) is 9.52. The molecule has 3 rings (SSSR count). The predicted octanol–water partition coefficient (Wildman–Crippen LogP) is 2.73. The van der Waals surface area contributed by atoms with E-state index in [0.717, 1.165) is 5.69 Å². The van der Waals surface area contributed by atoms with Crippen molar-refractivity contribution in [2.45, 2.75) is 6.92 Å². The molecular formula is C13H11FN4OS. The van der Waals surface area contributed by atoms with Crippen LogP contribution in [0.1, 0.15) is 16.2 Å². The molecule has 1 N–H and O–H groups in total. The van der Waals surface area contributed by atoms with Crippen molar-refractivity contribution in [2.75, 3.05) is 5.32 Å². The number of nitrogens with zero attached hydrogens (tertiary/aromatic N) is 3. The van der Waals surface area contributed by atoms with Crippen molar-refractivity contribution in [3.8, 4) is 0 Å². The zero-order valence-electron chi connectivity index (χ0n) is 10.8. The zero-order valence-corrected chi connectivity index (χ0v) is 11.7. The molecule has 0 aliphatic heterocycles. The summed E-state index contributed by atoms with van der Waals surface area (Å²) in [7, 11) is 1.70. The summed E-state index contributed by atoms with van der Waals surface area (Å²) in [6.07, 6.45) is 0. The second kappa shape index (κ2) is 4.68. The van der Waals surface area contributed by atoms with Crippen LogP contribution in [0.5, 0.6) is 0 Å². The van der Waals surface area contributed by atoms with Crippen molar-refractivity contribution < 1.29 is 9.18 Å². The normalized spacial score (nSPS) is 10.9. The number of halogens is 1. The Balaban J connectivity index is 1.89. The minimum Gasteiger partial charge on any atom is -0.296 e. The van der Waals surface area contributed by atoms with Gasteiger partial charge in [0.2, 0.25) is 0 Å². The first-order valence-electron chi connectivity index (χ1n) is 5.91. The number of amides is 1. The largest absolute Gasteiger partial charge is 0.296 e. The minimum atomic E-state index is -0.318. The summed E-state index contributed by atoms with van der Waals surface area (Å²) in [6, 6.07) is 6.03. The number of nitrogens with one attached hydrogen (secondary N) is 1. The van der Waals surface area contributed by atoms with Crippen LogP contribution < -0.4 is 5.32 Å². The lowest BCUT2D eigenvalue weighted by Crippen LogP contribution is -2.15. The summed E-state index contributed by atoms with van der Waals surface area (Å²) < 4.78 is 15.3. The molecule has 0 spiro atoms. The van der Waals surface area contributed by atoms with Crippen LogP contribution in [-0.4, -0.2) is 20.7 Å². The third kappa shape index (κ3) is 2.27. The number of aromatic nitrogens is 3.